The summed E-state index contributed by atoms with van der Waals surface area (Å²) in [5.41, 5.74) is 5.44. The molecule has 0 atom stereocenters. The fourth-order valence-corrected chi connectivity index (χ4v) is 2.70. The molecular weight excluding hydrogens is 334 g/mol. The van der Waals surface area contributed by atoms with Gasteiger partial charge in [-0.25, -0.2) is 0 Å². The normalized spacial score (nSPS) is 11.0. The van der Waals surface area contributed by atoms with Crippen molar-refractivity contribution in [3.05, 3.63) is 90.5 Å². The molecule has 0 saturated carbocycles. The minimum atomic E-state index is 0.636. The summed E-state index contributed by atoms with van der Waals surface area (Å²) in [5, 5.41) is 19.7. The third-order valence-electron chi connectivity index (χ3n) is 4.14. The Bertz CT molecular complexity index is 1040. The molecule has 4 rings (SSSR count). The first-order valence-corrected chi connectivity index (χ1v) is 8.74. The van der Waals surface area contributed by atoms with Crippen molar-refractivity contribution in [1.82, 2.24) is 10.2 Å². The molecule has 132 valence electrons. The topological polar surface area (TPSA) is 65.4 Å². The Kier molecular flexibility index (Phi) is 4.74. The summed E-state index contributed by atoms with van der Waals surface area (Å²) >= 11 is 0. The van der Waals surface area contributed by atoms with Crippen LogP contribution >= 0.6 is 0 Å². The molecule has 0 aliphatic rings. The summed E-state index contributed by atoms with van der Waals surface area (Å²) in [7, 11) is 0. The second kappa shape index (κ2) is 7.66. The lowest BCUT2D eigenvalue weighted by Crippen LogP contribution is -1.90. The van der Waals surface area contributed by atoms with Crippen LogP contribution in [-0.4, -0.2) is 10.2 Å². The lowest BCUT2D eigenvalue weighted by atomic mass is 10.1. The molecule has 0 spiro atoms. The maximum atomic E-state index is 4.50. The Labute approximate surface area is 157 Å². The molecule has 0 saturated heterocycles. The van der Waals surface area contributed by atoms with E-state index in [4.69, 9.17) is 0 Å². The van der Waals surface area contributed by atoms with Crippen LogP contribution in [0.4, 0.5) is 22.9 Å². The standard InChI is InChI=1S/C22H19N5/c1-16-12-14-18(15-13-16)23-22-21(26-24-19-10-6-3-7-11-19)20(25-27-22)17-8-4-2-5-9-17/h2-15H,1H3,(H2,23,25,27). The number of rotatable bonds is 5. The van der Waals surface area contributed by atoms with Crippen LogP contribution in [0.25, 0.3) is 11.3 Å². The van der Waals surface area contributed by atoms with Crippen LogP contribution in [0.1, 0.15) is 5.56 Å². The monoisotopic (exact) mass is 353 g/mol. The van der Waals surface area contributed by atoms with Crippen LogP contribution < -0.4 is 5.32 Å². The highest BCUT2D eigenvalue weighted by atomic mass is 15.2. The van der Waals surface area contributed by atoms with Crippen LogP contribution in [0.5, 0.6) is 0 Å². The Morgan fingerprint density at radius 1 is 0.778 bits per heavy atom. The minimum absolute atomic E-state index is 0.636. The van der Waals surface area contributed by atoms with E-state index in [2.05, 4.69) is 44.8 Å². The number of aromatic amines is 1. The zero-order valence-electron chi connectivity index (χ0n) is 14.9. The van der Waals surface area contributed by atoms with Crippen LogP contribution in [0.3, 0.4) is 0 Å². The molecule has 5 heteroatoms. The van der Waals surface area contributed by atoms with Gasteiger partial charge in [-0.3, -0.25) is 5.10 Å². The molecule has 0 amide bonds. The first-order valence-electron chi connectivity index (χ1n) is 8.74. The third-order valence-corrected chi connectivity index (χ3v) is 4.14. The van der Waals surface area contributed by atoms with Crippen molar-refractivity contribution in [2.45, 2.75) is 6.92 Å². The van der Waals surface area contributed by atoms with Crippen molar-refractivity contribution in [2.24, 2.45) is 10.2 Å². The van der Waals surface area contributed by atoms with Gasteiger partial charge < -0.3 is 5.32 Å². The Morgan fingerprint density at radius 2 is 1.44 bits per heavy atom. The van der Waals surface area contributed by atoms with E-state index >= 15 is 0 Å². The Balaban J connectivity index is 1.73. The van der Waals surface area contributed by atoms with Crippen molar-refractivity contribution < 1.29 is 0 Å². The van der Waals surface area contributed by atoms with E-state index < -0.39 is 0 Å². The number of benzene rings is 3. The van der Waals surface area contributed by atoms with Crippen LogP contribution in [0.15, 0.2) is 95.2 Å². The van der Waals surface area contributed by atoms with E-state index in [0.29, 0.717) is 11.5 Å². The lowest BCUT2D eigenvalue weighted by molar-refractivity contribution is 1.10. The van der Waals surface area contributed by atoms with Gasteiger partial charge in [-0.05, 0) is 31.2 Å². The number of H-pyrrole nitrogens is 1. The van der Waals surface area contributed by atoms with Gasteiger partial charge in [0.15, 0.2) is 11.5 Å². The molecule has 0 aliphatic heterocycles. The largest absolute Gasteiger partial charge is 0.337 e. The van der Waals surface area contributed by atoms with Crippen molar-refractivity contribution in [3.8, 4) is 11.3 Å². The molecule has 3 aromatic carbocycles. The third kappa shape index (κ3) is 3.93. The van der Waals surface area contributed by atoms with Crippen molar-refractivity contribution >= 4 is 22.9 Å². The number of nitrogens with zero attached hydrogens (tertiary/aromatic N) is 3. The summed E-state index contributed by atoms with van der Waals surface area (Å²) in [6, 6.07) is 27.8. The van der Waals surface area contributed by atoms with Gasteiger partial charge in [0.05, 0.1) is 11.4 Å². The van der Waals surface area contributed by atoms with Gasteiger partial charge in [0.2, 0.25) is 0 Å². The molecule has 5 nitrogen and oxygen atoms in total. The van der Waals surface area contributed by atoms with E-state index in [-0.39, 0.29) is 0 Å². The number of anilines is 2. The van der Waals surface area contributed by atoms with E-state index in [1.165, 1.54) is 5.56 Å². The van der Waals surface area contributed by atoms with Gasteiger partial charge in [0.25, 0.3) is 0 Å². The van der Waals surface area contributed by atoms with Crippen LogP contribution in [-0.2, 0) is 0 Å². The second-order valence-corrected chi connectivity index (χ2v) is 6.19. The number of azo groups is 1. The summed E-state index contributed by atoms with van der Waals surface area (Å²) < 4.78 is 0. The fraction of sp³-hybridized carbons (Fsp3) is 0.0455. The van der Waals surface area contributed by atoms with E-state index in [0.717, 1.165) is 22.6 Å². The maximum Gasteiger partial charge on any atom is 0.180 e. The fourth-order valence-electron chi connectivity index (χ4n) is 2.70. The van der Waals surface area contributed by atoms with E-state index in [1.807, 2.05) is 72.8 Å². The summed E-state index contributed by atoms with van der Waals surface area (Å²) in [6.07, 6.45) is 0. The SMILES string of the molecule is Cc1ccc(Nc2n[nH]c(-c3ccccc3)c2N=Nc2ccccc2)cc1. The minimum Gasteiger partial charge on any atom is -0.337 e. The molecule has 1 heterocycles. The van der Waals surface area contributed by atoms with E-state index in [9.17, 15) is 0 Å². The van der Waals surface area contributed by atoms with Gasteiger partial charge in [0, 0.05) is 11.3 Å². The van der Waals surface area contributed by atoms with Gasteiger partial charge in [0.1, 0.15) is 0 Å². The van der Waals surface area contributed by atoms with E-state index in [1.54, 1.807) is 0 Å². The molecule has 1 aromatic heterocycles. The molecule has 27 heavy (non-hydrogen) atoms. The highest BCUT2D eigenvalue weighted by molar-refractivity contribution is 5.82. The highest BCUT2D eigenvalue weighted by Gasteiger charge is 2.15. The lowest BCUT2D eigenvalue weighted by Gasteiger charge is -2.05. The molecule has 2 N–H and O–H groups in total. The molecule has 0 radical (unpaired) electrons. The molecule has 0 fully saturated rings. The first-order chi connectivity index (χ1) is 13.3. The molecular formula is C22H19N5. The molecule has 0 aliphatic carbocycles. The van der Waals surface area contributed by atoms with Gasteiger partial charge in [-0.1, -0.05) is 66.2 Å². The molecule has 0 unspecified atom stereocenters. The smallest absolute Gasteiger partial charge is 0.180 e. The average molecular weight is 353 g/mol. The summed E-state index contributed by atoms with van der Waals surface area (Å²) in [5.74, 6) is 0.636. The second-order valence-electron chi connectivity index (χ2n) is 6.19. The van der Waals surface area contributed by atoms with Gasteiger partial charge >= 0.3 is 0 Å². The van der Waals surface area contributed by atoms with Crippen molar-refractivity contribution in [1.29, 1.82) is 0 Å². The summed E-state index contributed by atoms with van der Waals surface area (Å²) in [6.45, 7) is 2.06. The van der Waals surface area contributed by atoms with Crippen LogP contribution in [0, 0.1) is 6.92 Å². The van der Waals surface area contributed by atoms with Crippen molar-refractivity contribution in [3.63, 3.8) is 0 Å². The number of hydrogen-bond acceptors (Lipinski definition) is 4. The Morgan fingerprint density at radius 3 is 2.15 bits per heavy atom. The zero-order valence-corrected chi connectivity index (χ0v) is 14.9. The van der Waals surface area contributed by atoms with Gasteiger partial charge in [-0.2, -0.15) is 10.2 Å². The number of nitrogens with one attached hydrogen (secondary N) is 2. The van der Waals surface area contributed by atoms with Crippen LogP contribution in [0.2, 0.25) is 0 Å². The summed E-state index contributed by atoms with van der Waals surface area (Å²) in [4.78, 5) is 0. The number of aromatic nitrogens is 2. The predicted molar refractivity (Wildman–Crippen MR) is 109 cm³/mol. The Hall–Kier alpha value is -3.73. The first kappa shape index (κ1) is 16.7. The molecule has 0 bridgehead atoms. The predicted octanol–water partition coefficient (Wildman–Crippen LogP) is 6.54. The molecule has 4 aromatic rings. The highest BCUT2D eigenvalue weighted by Crippen LogP contribution is 2.37. The number of aryl methyl sites for hydroxylation is 1. The maximum absolute atomic E-state index is 4.50. The average Bonchev–Trinajstić information content (AvgIpc) is 3.12. The number of hydrogen-bond donors (Lipinski definition) is 2. The zero-order chi connectivity index (χ0) is 18.5. The van der Waals surface area contributed by atoms with Crippen molar-refractivity contribution in [2.75, 3.05) is 5.32 Å². The van der Waals surface area contributed by atoms with Gasteiger partial charge in [-0.15, -0.1) is 5.11 Å². The quantitative estimate of drug-likeness (QED) is 0.400.